The molecule has 0 radical (unpaired) electrons. The number of benzene rings is 2. The molecule has 0 saturated heterocycles. The minimum atomic E-state index is -0.550. The number of unbranched alkanes of at least 4 members (excludes halogenated alkanes) is 1. The Labute approximate surface area is 159 Å². The Bertz CT molecular complexity index is 881. The van der Waals surface area contributed by atoms with Crippen LogP contribution in [0.4, 0.5) is 5.95 Å². The standard InChI is InChI=1S/C22H24N4O/c1-2-3-14-26(16-17-10-6-4-7-11-17)22-24-19(15-20(25-22)21(23)27)18-12-8-5-9-13-18/h4-13,15H,2-3,14,16H2,1H3,(H2,23,27). The van der Waals surface area contributed by atoms with E-state index in [4.69, 9.17) is 10.7 Å². The highest BCUT2D eigenvalue weighted by Gasteiger charge is 2.16. The fourth-order valence-electron chi connectivity index (χ4n) is 2.86. The maximum absolute atomic E-state index is 11.8. The molecule has 2 aromatic carbocycles. The third-order valence-electron chi connectivity index (χ3n) is 4.32. The van der Waals surface area contributed by atoms with Gasteiger partial charge in [0.05, 0.1) is 5.69 Å². The van der Waals surface area contributed by atoms with E-state index in [0.717, 1.165) is 24.9 Å². The first-order chi connectivity index (χ1) is 13.2. The third kappa shape index (κ3) is 4.91. The summed E-state index contributed by atoms with van der Waals surface area (Å²) in [6.45, 7) is 3.63. The molecule has 0 atom stereocenters. The predicted molar refractivity (Wildman–Crippen MR) is 108 cm³/mol. The monoisotopic (exact) mass is 360 g/mol. The zero-order valence-corrected chi connectivity index (χ0v) is 15.5. The minimum absolute atomic E-state index is 0.230. The summed E-state index contributed by atoms with van der Waals surface area (Å²) in [5.41, 5.74) is 8.56. The second-order valence-corrected chi connectivity index (χ2v) is 6.43. The Balaban J connectivity index is 2.01. The van der Waals surface area contributed by atoms with Gasteiger partial charge in [0, 0.05) is 18.7 Å². The summed E-state index contributed by atoms with van der Waals surface area (Å²) in [7, 11) is 0. The molecule has 2 N–H and O–H groups in total. The number of hydrogen-bond donors (Lipinski definition) is 1. The van der Waals surface area contributed by atoms with Gasteiger partial charge in [0.2, 0.25) is 5.95 Å². The van der Waals surface area contributed by atoms with Gasteiger partial charge in [-0.15, -0.1) is 0 Å². The number of hydrogen-bond acceptors (Lipinski definition) is 4. The first-order valence-corrected chi connectivity index (χ1v) is 9.20. The molecule has 138 valence electrons. The van der Waals surface area contributed by atoms with Crippen molar-refractivity contribution in [3.63, 3.8) is 0 Å². The molecule has 0 aliphatic heterocycles. The molecular formula is C22H24N4O. The molecule has 0 fully saturated rings. The molecule has 5 heteroatoms. The van der Waals surface area contributed by atoms with Crippen LogP contribution >= 0.6 is 0 Å². The molecule has 1 heterocycles. The summed E-state index contributed by atoms with van der Waals surface area (Å²) in [4.78, 5) is 23.1. The number of primary amides is 1. The van der Waals surface area contributed by atoms with Crippen molar-refractivity contribution in [3.05, 3.63) is 78.0 Å². The molecule has 27 heavy (non-hydrogen) atoms. The maximum Gasteiger partial charge on any atom is 0.267 e. The fourth-order valence-corrected chi connectivity index (χ4v) is 2.86. The average Bonchev–Trinajstić information content (AvgIpc) is 2.72. The number of nitrogens with zero attached hydrogens (tertiary/aromatic N) is 3. The normalized spacial score (nSPS) is 10.6. The molecular weight excluding hydrogens is 336 g/mol. The van der Waals surface area contributed by atoms with Gasteiger partial charge in [-0.25, -0.2) is 9.97 Å². The van der Waals surface area contributed by atoms with Crippen LogP contribution in [0.15, 0.2) is 66.7 Å². The third-order valence-corrected chi connectivity index (χ3v) is 4.32. The van der Waals surface area contributed by atoms with Crippen molar-refractivity contribution in [1.82, 2.24) is 9.97 Å². The van der Waals surface area contributed by atoms with E-state index >= 15 is 0 Å². The molecule has 5 nitrogen and oxygen atoms in total. The Morgan fingerprint density at radius 1 is 1.00 bits per heavy atom. The summed E-state index contributed by atoms with van der Waals surface area (Å²) in [5.74, 6) is -0.0200. The highest BCUT2D eigenvalue weighted by molar-refractivity contribution is 5.92. The second kappa shape index (κ2) is 8.94. The lowest BCUT2D eigenvalue weighted by Crippen LogP contribution is -2.27. The van der Waals surface area contributed by atoms with Crippen LogP contribution in [-0.4, -0.2) is 22.4 Å². The van der Waals surface area contributed by atoms with Crippen LogP contribution < -0.4 is 10.6 Å². The van der Waals surface area contributed by atoms with E-state index in [2.05, 4.69) is 28.9 Å². The van der Waals surface area contributed by atoms with Gasteiger partial charge in [0.1, 0.15) is 5.69 Å². The highest BCUT2D eigenvalue weighted by Crippen LogP contribution is 2.22. The van der Waals surface area contributed by atoms with Crippen LogP contribution in [0.1, 0.15) is 35.8 Å². The summed E-state index contributed by atoms with van der Waals surface area (Å²) < 4.78 is 0. The maximum atomic E-state index is 11.8. The Morgan fingerprint density at radius 2 is 1.67 bits per heavy atom. The van der Waals surface area contributed by atoms with Gasteiger partial charge in [-0.2, -0.15) is 0 Å². The minimum Gasteiger partial charge on any atom is -0.364 e. The zero-order chi connectivity index (χ0) is 19.1. The summed E-state index contributed by atoms with van der Waals surface area (Å²) >= 11 is 0. The van der Waals surface area contributed by atoms with Crippen LogP contribution in [0.3, 0.4) is 0 Å². The van der Waals surface area contributed by atoms with Crippen molar-refractivity contribution < 1.29 is 4.79 Å². The van der Waals surface area contributed by atoms with Crippen molar-refractivity contribution in [2.75, 3.05) is 11.4 Å². The molecule has 3 aromatic rings. The molecule has 0 unspecified atom stereocenters. The van der Waals surface area contributed by atoms with E-state index in [-0.39, 0.29) is 5.69 Å². The lowest BCUT2D eigenvalue weighted by atomic mass is 10.1. The SMILES string of the molecule is CCCCN(Cc1ccccc1)c1nc(C(N)=O)cc(-c2ccccc2)n1. The van der Waals surface area contributed by atoms with E-state index in [1.165, 1.54) is 5.56 Å². The number of carbonyl (C=O) groups is 1. The quantitative estimate of drug-likeness (QED) is 0.658. The Kier molecular flexibility index (Phi) is 6.15. The van der Waals surface area contributed by atoms with Crippen LogP contribution in [0.25, 0.3) is 11.3 Å². The van der Waals surface area contributed by atoms with Crippen molar-refractivity contribution in [3.8, 4) is 11.3 Å². The van der Waals surface area contributed by atoms with Gasteiger partial charge in [-0.1, -0.05) is 74.0 Å². The van der Waals surface area contributed by atoms with Gasteiger partial charge in [-0.3, -0.25) is 4.79 Å². The fraction of sp³-hybridized carbons (Fsp3) is 0.227. The van der Waals surface area contributed by atoms with Crippen LogP contribution in [0.2, 0.25) is 0 Å². The van der Waals surface area contributed by atoms with Crippen molar-refractivity contribution in [2.45, 2.75) is 26.3 Å². The van der Waals surface area contributed by atoms with Crippen molar-refractivity contribution >= 4 is 11.9 Å². The average molecular weight is 360 g/mol. The van der Waals surface area contributed by atoms with E-state index < -0.39 is 5.91 Å². The van der Waals surface area contributed by atoms with Gasteiger partial charge in [0.15, 0.2) is 0 Å². The van der Waals surface area contributed by atoms with Crippen LogP contribution in [0.5, 0.6) is 0 Å². The predicted octanol–water partition coefficient (Wildman–Crippen LogP) is 4.05. The largest absolute Gasteiger partial charge is 0.364 e. The van der Waals surface area contributed by atoms with Crippen molar-refractivity contribution in [1.29, 1.82) is 0 Å². The number of nitrogens with two attached hydrogens (primary N) is 1. The zero-order valence-electron chi connectivity index (χ0n) is 15.5. The van der Waals surface area contributed by atoms with Crippen molar-refractivity contribution in [2.24, 2.45) is 5.73 Å². The molecule has 3 rings (SSSR count). The smallest absolute Gasteiger partial charge is 0.267 e. The topological polar surface area (TPSA) is 72.1 Å². The molecule has 1 aromatic heterocycles. The Hall–Kier alpha value is -3.21. The summed E-state index contributed by atoms with van der Waals surface area (Å²) in [6, 6.07) is 21.6. The number of amides is 1. The van der Waals surface area contributed by atoms with Gasteiger partial charge in [-0.05, 0) is 18.1 Å². The van der Waals surface area contributed by atoms with E-state index in [0.29, 0.717) is 18.2 Å². The van der Waals surface area contributed by atoms with E-state index in [1.54, 1.807) is 6.07 Å². The number of carbonyl (C=O) groups excluding carboxylic acids is 1. The molecule has 0 saturated carbocycles. The molecule has 1 amide bonds. The number of rotatable bonds is 8. The lowest BCUT2D eigenvalue weighted by molar-refractivity contribution is 0.0995. The van der Waals surface area contributed by atoms with Gasteiger partial charge in [0.25, 0.3) is 5.91 Å². The molecule has 0 spiro atoms. The first kappa shape index (κ1) is 18.6. The molecule has 0 bridgehead atoms. The second-order valence-electron chi connectivity index (χ2n) is 6.43. The number of aromatic nitrogens is 2. The van der Waals surface area contributed by atoms with Crippen LogP contribution in [-0.2, 0) is 6.54 Å². The van der Waals surface area contributed by atoms with Gasteiger partial charge < -0.3 is 10.6 Å². The molecule has 0 aliphatic rings. The Morgan fingerprint density at radius 3 is 2.30 bits per heavy atom. The van der Waals surface area contributed by atoms with Crippen LogP contribution in [0, 0.1) is 0 Å². The van der Waals surface area contributed by atoms with E-state index in [1.807, 2.05) is 48.5 Å². The van der Waals surface area contributed by atoms with E-state index in [9.17, 15) is 4.79 Å². The summed E-state index contributed by atoms with van der Waals surface area (Å²) in [5, 5.41) is 0. The highest BCUT2D eigenvalue weighted by atomic mass is 16.1. The lowest BCUT2D eigenvalue weighted by Gasteiger charge is -2.23. The number of anilines is 1. The first-order valence-electron chi connectivity index (χ1n) is 9.20. The van der Waals surface area contributed by atoms with Gasteiger partial charge >= 0.3 is 0 Å². The molecule has 0 aliphatic carbocycles. The summed E-state index contributed by atoms with van der Waals surface area (Å²) in [6.07, 6.45) is 2.07.